The van der Waals surface area contributed by atoms with Gasteiger partial charge in [0.15, 0.2) is 6.23 Å². The van der Waals surface area contributed by atoms with E-state index in [1.54, 1.807) is 13.8 Å². The number of halogens is 1. The second-order valence-electron chi connectivity index (χ2n) is 3.07. The Hall–Kier alpha value is -0.690. The highest BCUT2D eigenvalue weighted by Crippen LogP contribution is 1.97. The lowest BCUT2D eigenvalue weighted by Crippen LogP contribution is -2.50. The van der Waals surface area contributed by atoms with Crippen molar-refractivity contribution >= 4 is 24.2 Å². The normalized spacial score (nSPS) is 14.1. The Kier molecular flexibility index (Phi) is 7.57. The molecule has 1 unspecified atom stereocenters. The van der Waals surface area contributed by atoms with Gasteiger partial charge in [0.05, 0.1) is 6.04 Å². The van der Waals surface area contributed by atoms with E-state index in [2.05, 4.69) is 0 Å². The summed E-state index contributed by atoms with van der Waals surface area (Å²) in [4.78, 5) is 21.8. The van der Waals surface area contributed by atoms with Crippen LogP contribution in [0.4, 0.5) is 0 Å². The van der Waals surface area contributed by atoms with Gasteiger partial charge in [-0.15, -0.1) is 12.4 Å². The van der Waals surface area contributed by atoms with E-state index in [1.165, 1.54) is 0 Å². The molecule has 0 fully saturated rings. The Balaban J connectivity index is 0. The van der Waals surface area contributed by atoms with Gasteiger partial charge in [0, 0.05) is 0 Å². The standard InChI is InChI=1S/C7H15N3O3.ClH/c1-3(2)4(8)6(12)10-7(13)5(9)11;/h3-5,11H,8-9H2,1-2H3,(H,10,12,13);1H/t4-,5?;/m0./s1. The molecule has 84 valence electrons. The topological polar surface area (TPSA) is 118 Å². The first-order valence-corrected chi connectivity index (χ1v) is 3.90. The Morgan fingerprint density at radius 2 is 1.64 bits per heavy atom. The van der Waals surface area contributed by atoms with Crippen molar-refractivity contribution in [1.29, 1.82) is 0 Å². The number of nitrogens with one attached hydrogen (secondary N) is 1. The van der Waals surface area contributed by atoms with Gasteiger partial charge in [-0.1, -0.05) is 13.8 Å². The number of hydrogen-bond acceptors (Lipinski definition) is 5. The van der Waals surface area contributed by atoms with E-state index in [1.807, 2.05) is 5.32 Å². The van der Waals surface area contributed by atoms with Crippen LogP contribution in [-0.4, -0.2) is 29.2 Å². The van der Waals surface area contributed by atoms with Gasteiger partial charge in [-0.2, -0.15) is 0 Å². The van der Waals surface area contributed by atoms with Crippen molar-refractivity contribution in [1.82, 2.24) is 5.32 Å². The smallest absolute Gasteiger partial charge is 0.270 e. The first kappa shape index (κ1) is 15.8. The number of rotatable bonds is 3. The van der Waals surface area contributed by atoms with Crippen LogP contribution < -0.4 is 16.8 Å². The van der Waals surface area contributed by atoms with E-state index in [4.69, 9.17) is 16.6 Å². The van der Waals surface area contributed by atoms with Crippen molar-refractivity contribution in [2.75, 3.05) is 0 Å². The fourth-order valence-corrected chi connectivity index (χ4v) is 0.581. The van der Waals surface area contributed by atoms with E-state index in [9.17, 15) is 9.59 Å². The number of carbonyl (C=O) groups is 2. The van der Waals surface area contributed by atoms with E-state index in [-0.39, 0.29) is 18.3 Å². The van der Waals surface area contributed by atoms with Crippen molar-refractivity contribution in [2.45, 2.75) is 26.1 Å². The quantitative estimate of drug-likeness (QED) is 0.428. The summed E-state index contributed by atoms with van der Waals surface area (Å²) in [7, 11) is 0. The summed E-state index contributed by atoms with van der Waals surface area (Å²) >= 11 is 0. The lowest BCUT2D eigenvalue weighted by atomic mass is 10.1. The highest BCUT2D eigenvalue weighted by atomic mass is 35.5. The molecule has 0 aliphatic heterocycles. The second-order valence-corrected chi connectivity index (χ2v) is 3.07. The molecule has 7 heteroatoms. The van der Waals surface area contributed by atoms with Crippen molar-refractivity contribution in [2.24, 2.45) is 17.4 Å². The summed E-state index contributed by atoms with van der Waals surface area (Å²) in [5.74, 6) is -1.66. The van der Waals surface area contributed by atoms with Crippen molar-refractivity contribution < 1.29 is 14.7 Å². The summed E-state index contributed by atoms with van der Waals surface area (Å²) in [5.41, 5.74) is 10.2. The van der Waals surface area contributed by atoms with Crippen LogP contribution in [0.1, 0.15) is 13.8 Å². The van der Waals surface area contributed by atoms with Gasteiger partial charge in [0.1, 0.15) is 0 Å². The molecular weight excluding hydrogens is 210 g/mol. The molecule has 2 amide bonds. The number of amides is 2. The molecule has 2 atom stereocenters. The predicted octanol–water partition coefficient (Wildman–Crippen LogP) is -1.69. The fraction of sp³-hybridized carbons (Fsp3) is 0.714. The summed E-state index contributed by atoms with van der Waals surface area (Å²) in [6, 6.07) is -0.775. The third-order valence-electron chi connectivity index (χ3n) is 1.54. The van der Waals surface area contributed by atoms with Crippen LogP contribution in [0.25, 0.3) is 0 Å². The molecule has 0 aromatic rings. The maximum atomic E-state index is 11.1. The molecular formula is C7H16ClN3O3. The van der Waals surface area contributed by atoms with Gasteiger partial charge in [0.25, 0.3) is 5.91 Å². The molecule has 0 saturated carbocycles. The molecule has 0 aromatic carbocycles. The minimum atomic E-state index is -1.69. The number of imide groups is 1. The Labute approximate surface area is 88.4 Å². The molecule has 0 heterocycles. The van der Waals surface area contributed by atoms with Gasteiger partial charge in [0.2, 0.25) is 5.91 Å². The zero-order chi connectivity index (χ0) is 10.6. The number of aliphatic hydroxyl groups excluding tert-OH is 1. The van der Waals surface area contributed by atoms with Crippen molar-refractivity contribution in [3.8, 4) is 0 Å². The molecule has 14 heavy (non-hydrogen) atoms. The Morgan fingerprint density at radius 3 is 1.93 bits per heavy atom. The van der Waals surface area contributed by atoms with Crippen LogP contribution in [0, 0.1) is 5.92 Å². The van der Waals surface area contributed by atoms with Crippen LogP contribution in [0.15, 0.2) is 0 Å². The zero-order valence-electron chi connectivity index (χ0n) is 8.06. The van der Waals surface area contributed by atoms with E-state index in [0.717, 1.165) is 0 Å². The van der Waals surface area contributed by atoms with Crippen LogP contribution >= 0.6 is 12.4 Å². The van der Waals surface area contributed by atoms with Crippen LogP contribution in [0.3, 0.4) is 0 Å². The molecule has 0 aliphatic carbocycles. The van der Waals surface area contributed by atoms with E-state index >= 15 is 0 Å². The van der Waals surface area contributed by atoms with Gasteiger partial charge in [-0.25, -0.2) is 0 Å². The summed E-state index contributed by atoms with van der Waals surface area (Å²) in [6.45, 7) is 3.49. The molecule has 6 N–H and O–H groups in total. The lowest BCUT2D eigenvalue weighted by Gasteiger charge is -2.14. The lowest BCUT2D eigenvalue weighted by molar-refractivity contribution is -0.136. The number of hydrogen-bond donors (Lipinski definition) is 4. The molecule has 0 radical (unpaired) electrons. The summed E-state index contributed by atoms with van der Waals surface area (Å²) < 4.78 is 0. The van der Waals surface area contributed by atoms with Crippen LogP contribution in [0.2, 0.25) is 0 Å². The minimum absolute atomic E-state index is 0. The summed E-state index contributed by atoms with van der Waals surface area (Å²) in [6.07, 6.45) is -1.69. The molecule has 0 rings (SSSR count). The largest absolute Gasteiger partial charge is 0.370 e. The SMILES string of the molecule is CC(C)[C@H](N)C(=O)NC(=O)C(N)O.Cl. The summed E-state index contributed by atoms with van der Waals surface area (Å²) in [5, 5.41) is 10.4. The molecule has 0 aliphatic rings. The maximum Gasteiger partial charge on any atom is 0.270 e. The zero-order valence-corrected chi connectivity index (χ0v) is 8.88. The average Bonchev–Trinajstić information content (AvgIpc) is 2.02. The highest BCUT2D eigenvalue weighted by molar-refractivity contribution is 5.99. The third-order valence-corrected chi connectivity index (χ3v) is 1.54. The van der Waals surface area contributed by atoms with Crippen LogP contribution in [-0.2, 0) is 9.59 Å². The molecule has 0 bridgehead atoms. The van der Waals surface area contributed by atoms with E-state index in [0.29, 0.717) is 0 Å². The number of aliphatic hydroxyl groups is 1. The molecule has 0 spiro atoms. The Morgan fingerprint density at radius 1 is 1.21 bits per heavy atom. The van der Waals surface area contributed by atoms with Crippen molar-refractivity contribution in [3.63, 3.8) is 0 Å². The van der Waals surface area contributed by atoms with Gasteiger partial charge in [-0.05, 0) is 5.92 Å². The monoisotopic (exact) mass is 225 g/mol. The molecule has 6 nitrogen and oxygen atoms in total. The first-order chi connectivity index (χ1) is 5.86. The van der Waals surface area contributed by atoms with Gasteiger partial charge < -0.3 is 10.8 Å². The van der Waals surface area contributed by atoms with Crippen LogP contribution in [0.5, 0.6) is 0 Å². The molecule has 0 saturated heterocycles. The Bertz CT molecular complexity index is 208. The fourth-order valence-electron chi connectivity index (χ4n) is 0.581. The first-order valence-electron chi connectivity index (χ1n) is 3.90. The second kappa shape index (κ2) is 6.72. The van der Waals surface area contributed by atoms with Gasteiger partial charge in [-0.3, -0.25) is 20.6 Å². The minimum Gasteiger partial charge on any atom is -0.370 e. The molecule has 0 aromatic heterocycles. The average molecular weight is 226 g/mol. The third kappa shape index (κ3) is 5.13. The predicted molar refractivity (Wildman–Crippen MR) is 53.4 cm³/mol. The highest BCUT2D eigenvalue weighted by Gasteiger charge is 2.21. The van der Waals surface area contributed by atoms with Gasteiger partial charge >= 0.3 is 0 Å². The number of carbonyl (C=O) groups excluding carboxylic acids is 2. The van der Waals surface area contributed by atoms with Crippen molar-refractivity contribution in [3.05, 3.63) is 0 Å². The van der Waals surface area contributed by atoms with E-state index < -0.39 is 24.1 Å². The maximum absolute atomic E-state index is 11.1. The number of nitrogens with two attached hydrogens (primary N) is 2.